The number of hydrogen-bond donors (Lipinski definition) is 1. The number of terminal acetylenes is 1. The highest BCUT2D eigenvalue weighted by Crippen LogP contribution is 2.02. The highest BCUT2D eigenvalue weighted by atomic mass is 16.6. The number of cyclic esters (lactones) is 2. The fourth-order valence-electron chi connectivity index (χ4n) is 0.792. The van der Waals surface area contributed by atoms with Crippen LogP contribution in [0.4, 0.5) is 4.79 Å². The van der Waals surface area contributed by atoms with Gasteiger partial charge in [0.25, 0.3) is 0 Å². The van der Waals surface area contributed by atoms with Crippen molar-refractivity contribution in [3.63, 3.8) is 0 Å². The molecule has 0 aromatic carbocycles. The van der Waals surface area contributed by atoms with E-state index < -0.39 is 18.1 Å². The molecule has 1 fully saturated rings. The predicted molar refractivity (Wildman–Crippen MR) is 47.4 cm³/mol. The molecule has 1 aliphatic rings. The van der Waals surface area contributed by atoms with Crippen LogP contribution in [0.5, 0.6) is 0 Å². The smallest absolute Gasteiger partial charge is 0.375 e. The quantitative estimate of drug-likeness (QED) is 0.347. The van der Waals surface area contributed by atoms with Gasteiger partial charge in [-0.1, -0.05) is 5.92 Å². The molecule has 0 spiro atoms. The number of carbonyl (C=O) groups is 2. The van der Waals surface area contributed by atoms with Gasteiger partial charge in [0.1, 0.15) is 6.04 Å². The number of ether oxygens (including phenoxy) is 1. The molecule has 0 saturated carbocycles. The van der Waals surface area contributed by atoms with E-state index in [1.165, 1.54) is 0 Å². The lowest BCUT2D eigenvalue weighted by molar-refractivity contribution is -0.135. The lowest BCUT2D eigenvalue weighted by Crippen LogP contribution is -2.27. The van der Waals surface area contributed by atoms with Gasteiger partial charge in [-0.25, -0.2) is 9.59 Å². The highest BCUT2D eigenvalue weighted by molar-refractivity contribution is 5.95. The summed E-state index contributed by atoms with van der Waals surface area (Å²) in [5.74, 6) is 11.2. The topological polar surface area (TPSA) is 55.4 Å². The Morgan fingerprint density at radius 3 is 2.71 bits per heavy atom. The first-order valence-electron chi connectivity index (χ1n) is 3.69. The number of alkyl carbamates (subject to hydrolysis) is 1. The molecule has 4 heteroatoms. The van der Waals surface area contributed by atoms with Crippen molar-refractivity contribution in [1.29, 1.82) is 0 Å². The summed E-state index contributed by atoms with van der Waals surface area (Å²) in [6, 6.07) is -0.692. The van der Waals surface area contributed by atoms with E-state index in [2.05, 4.69) is 39.7 Å². The fourth-order valence-corrected chi connectivity index (χ4v) is 0.792. The second kappa shape index (κ2) is 4.60. The predicted octanol–water partition coefficient (Wildman–Crippen LogP) is -0.348. The summed E-state index contributed by atoms with van der Waals surface area (Å²) >= 11 is 0. The summed E-state index contributed by atoms with van der Waals surface area (Å²) in [6.07, 6.45) is 4.28. The summed E-state index contributed by atoms with van der Waals surface area (Å²) in [5, 5.41) is 2.29. The molecule has 68 valence electrons. The molecule has 1 atom stereocenters. The van der Waals surface area contributed by atoms with Crippen molar-refractivity contribution in [3.05, 3.63) is 0 Å². The van der Waals surface area contributed by atoms with E-state index in [9.17, 15) is 9.59 Å². The van der Waals surface area contributed by atoms with E-state index in [0.717, 1.165) is 0 Å². The first-order valence-corrected chi connectivity index (χ1v) is 3.69. The summed E-state index contributed by atoms with van der Waals surface area (Å²) in [4.78, 5) is 21.4. The van der Waals surface area contributed by atoms with Crippen LogP contribution in [0.3, 0.4) is 0 Å². The Bertz CT molecular complexity index is 422. The van der Waals surface area contributed by atoms with Crippen molar-refractivity contribution in [2.45, 2.75) is 12.5 Å². The molecule has 0 bridgehead atoms. The van der Waals surface area contributed by atoms with Crippen molar-refractivity contribution in [1.82, 2.24) is 5.32 Å². The second-order valence-corrected chi connectivity index (χ2v) is 2.31. The van der Waals surface area contributed by atoms with Gasteiger partial charge >= 0.3 is 12.1 Å². The minimum Gasteiger partial charge on any atom is -0.375 e. The van der Waals surface area contributed by atoms with Crippen LogP contribution in [0.2, 0.25) is 0 Å². The van der Waals surface area contributed by atoms with Gasteiger partial charge in [0.05, 0.1) is 0 Å². The van der Waals surface area contributed by atoms with E-state index >= 15 is 0 Å². The number of esters is 1. The van der Waals surface area contributed by atoms with Gasteiger partial charge in [-0.2, -0.15) is 0 Å². The van der Waals surface area contributed by atoms with E-state index in [1.54, 1.807) is 0 Å². The number of nitrogens with one attached hydrogen (secondary N) is 1. The average molecular weight is 187 g/mol. The van der Waals surface area contributed by atoms with Gasteiger partial charge in [-0.3, -0.25) is 0 Å². The van der Waals surface area contributed by atoms with Crippen LogP contribution in [0.15, 0.2) is 0 Å². The molecule has 4 nitrogen and oxygen atoms in total. The zero-order chi connectivity index (χ0) is 10.4. The molecule has 0 unspecified atom stereocenters. The third-order valence-corrected chi connectivity index (χ3v) is 1.36. The molecule has 1 N–H and O–H groups in total. The third kappa shape index (κ3) is 2.59. The zero-order valence-electron chi connectivity index (χ0n) is 7.09. The minimum atomic E-state index is -0.739. The lowest BCUT2D eigenvalue weighted by atomic mass is 10.2. The standard InChI is InChI=1S/C10H5NO3/c1-2-3-4-5-6-7-8-9(12)14-10(13)11-8/h1,8H,7H2,(H,11,13)/t8-/m1/s1. The van der Waals surface area contributed by atoms with Gasteiger partial charge < -0.3 is 10.1 Å². The Morgan fingerprint density at radius 2 is 2.14 bits per heavy atom. The Labute approximate surface area is 81.0 Å². The highest BCUT2D eigenvalue weighted by Gasteiger charge is 2.31. The van der Waals surface area contributed by atoms with Crippen molar-refractivity contribution >= 4 is 12.1 Å². The minimum absolute atomic E-state index is 0.170. The Morgan fingerprint density at radius 1 is 1.36 bits per heavy atom. The number of rotatable bonds is 1. The fraction of sp³-hybridized carbons (Fsp3) is 0.200. The van der Waals surface area contributed by atoms with Gasteiger partial charge in [-0.15, -0.1) is 6.42 Å². The van der Waals surface area contributed by atoms with Crippen LogP contribution in [-0.2, 0) is 9.53 Å². The van der Waals surface area contributed by atoms with Gasteiger partial charge in [0.15, 0.2) is 0 Å². The van der Waals surface area contributed by atoms with Crippen LogP contribution >= 0.6 is 0 Å². The van der Waals surface area contributed by atoms with Crippen LogP contribution in [0, 0.1) is 36.0 Å². The Kier molecular flexibility index (Phi) is 3.19. The van der Waals surface area contributed by atoms with Crippen LogP contribution < -0.4 is 5.32 Å². The molecule has 14 heavy (non-hydrogen) atoms. The van der Waals surface area contributed by atoms with Gasteiger partial charge in [0, 0.05) is 6.42 Å². The van der Waals surface area contributed by atoms with Crippen molar-refractivity contribution < 1.29 is 14.3 Å². The largest absolute Gasteiger partial charge is 0.415 e. The summed E-state index contributed by atoms with van der Waals surface area (Å²) < 4.78 is 4.23. The van der Waals surface area contributed by atoms with Crippen LogP contribution in [0.25, 0.3) is 0 Å². The molecule has 0 aliphatic carbocycles. The van der Waals surface area contributed by atoms with E-state index in [1.807, 2.05) is 0 Å². The summed E-state index contributed by atoms with van der Waals surface area (Å²) in [7, 11) is 0. The summed E-state index contributed by atoms with van der Waals surface area (Å²) in [6.45, 7) is 0. The summed E-state index contributed by atoms with van der Waals surface area (Å²) in [5.41, 5.74) is 0. The van der Waals surface area contributed by atoms with Crippen molar-refractivity contribution in [3.8, 4) is 36.0 Å². The molecular weight excluding hydrogens is 182 g/mol. The molecule has 0 aromatic rings. The monoisotopic (exact) mass is 187 g/mol. The average Bonchev–Trinajstić information content (AvgIpc) is 2.45. The van der Waals surface area contributed by atoms with E-state index in [0.29, 0.717) is 0 Å². The number of carbonyl (C=O) groups excluding carboxylic acids is 2. The number of hydrogen-bond acceptors (Lipinski definition) is 3. The molecule has 1 rings (SSSR count). The molecule has 0 aromatic heterocycles. The zero-order valence-corrected chi connectivity index (χ0v) is 7.09. The van der Waals surface area contributed by atoms with E-state index in [-0.39, 0.29) is 6.42 Å². The Balaban J connectivity index is 2.46. The molecule has 1 saturated heterocycles. The lowest BCUT2D eigenvalue weighted by Gasteiger charge is -1.96. The molecule has 1 aliphatic heterocycles. The maximum absolute atomic E-state index is 10.9. The van der Waals surface area contributed by atoms with Crippen LogP contribution in [0.1, 0.15) is 6.42 Å². The third-order valence-electron chi connectivity index (χ3n) is 1.36. The normalized spacial score (nSPS) is 17.8. The molecule has 0 radical (unpaired) electrons. The van der Waals surface area contributed by atoms with Crippen molar-refractivity contribution in [2.75, 3.05) is 0 Å². The Hall–Kier alpha value is -2.38. The SMILES string of the molecule is C#CC#CC#CC[C@H]1NC(=O)OC1=O. The van der Waals surface area contributed by atoms with Gasteiger partial charge in [-0.05, 0) is 23.7 Å². The van der Waals surface area contributed by atoms with Gasteiger partial charge in [0.2, 0.25) is 0 Å². The molecule has 1 amide bonds. The number of amides is 1. The second-order valence-electron chi connectivity index (χ2n) is 2.31. The van der Waals surface area contributed by atoms with E-state index in [4.69, 9.17) is 6.42 Å². The van der Waals surface area contributed by atoms with Crippen molar-refractivity contribution in [2.24, 2.45) is 0 Å². The first-order chi connectivity index (χ1) is 6.74. The van der Waals surface area contributed by atoms with Crippen LogP contribution in [-0.4, -0.2) is 18.1 Å². The first kappa shape index (κ1) is 9.71. The maximum Gasteiger partial charge on any atom is 0.415 e. The molecule has 1 heterocycles. The maximum atomic E-state index is 10.9. The molecular formula is C10H5NO3.